The monoisotopic (exact) mass is 289 g/mol. The number of hydrazone groups is 1. The van der Waals surface area contributed by atoms with E-state index in [0.29, 0.717) is 11.3 Å². The predicted molar refractivity (Wildman–Crippen MR) is 76.4 cm³/mol. The SMILES string of the molecule is CC(C)CC1([N+](=O)[O-])C(=N)c2ccncc2N2NNN=C21. The molecule has 0 bridgehead atoms. The number of fused-ring (bicyclic) bond motifs is 3. The number of nitrogens with one attached hydrogen (secondary N) is 3. The molecule has 0 saturated carbocycles. The lowest BCUT2D eigenvalue weighted by molar-refractivity contribution is -0.528. The van der Waals surface area contributed by atoms with Gasteiger partial charge in [-0.05, 0) is 12.0 Å². The molecule has 1 aromatic rings. The van der Waals surface area contributed by atoms with Crippen molar-refractivity contribution < 1.29 is 4.92 Å². The van der Waals surface area contributed by atoms with Crippen LogP contribution in [0.2, 0.25) is 0 Å². The van der Waals surface area contributed by atoms with E-state index in [0.717, 1.165) is 0 Å². The Hall–Kier alpha value is -2.55. The third kappa shape index (κ3) is 1.70. The van der Waals surface area contributed by atoms with Gasteiger partial charge in [0.1, 0.15) is 5.71 Å². The molecule has 2 aliphatic rings. The molecule has 0 aliphatic carbocycles. The second-order valence-corrected chi connectivity index (χ2v) is 5.48. The summed E-state index contributed by atoms with van der Waals surface area (Å²) >= 11 is 0. The smallest absolute Gasteiger partial charge is 0.297 e. The highest BCUT2D eigenvalue weighted by atomic mass is 16.6. The van der Waals surface area contributed by atoms with Crippen molar-refractivity contribution in [2.24, 2.45) is 11.0 Å². The molecule has 0 spiro atoms. The number of nitro groups is 1. The molecule has 0 radical (unpaired) electrons. The molecular weight excluding hydrogens is 274 g/mol. The van der Waals surface area contributed by atoms with Crippen molar-refractivity contribution in [1.29, 1.82) is 5.41 Å². The number of hydrazine groups is 2. The summed E-state index contributed by atoms with van der Waals surface area (Å²) in [7, 11) is 0. The number of nitrogens with zero attached hydrogens (tertiary/aromatic N) is 4. The maximum Gasteiger partial charge on any atom is 0.323 e. The van der Waals surface area contributed by atoms with Crippen molar-refractivity contribution >= 4 is 17.2 Å². The number of pyridine rings is 1. The van der Waals surface area contributed by atoms with Crippen LogP contribution in [0, 0.1) is 21.4 Å². The third-order valence-electron chi connectivity index (χ3n) is 3.64. The van der Waals surface area contributed by atoms with Gasteiger partial charge in [-0.1, -0.05) is 13.8 Å². The van der Waals surface area contributed by atoms with Gasteiger partial charge >= 0.3 is 5.54 Å². The molecule has 110 valence electrons. The van der Waals surface area contributed by atoms with Gasteiger partial charge in [0.2, 0.25) is 5.84 Å². The summed E-state index contributed by atoms with van der Waals surface area (Å²) in [5, 5.41) is 25.8. The van der Waals surface area contributed by atoms with Crippen LogP contribution >= 0.6 is 0 Å². The Balaban J connectivity index is 2.25. The predicted octanol–water partition coefficient (Wildman–Crippen LogP) is 0.667. The van der Waals surface area contributed by atoms with Crippen molar-refractivity contribution in [3.8, 4) is 0 Å². The summed E-state index contributed by atoms with van der Waals surface area (Å²) in [5.41, 5.74) is 4.64. The fourth-order valence-corrected chi connectivity index (χ4v) is 2.82. The van der Waals surface area contributed by atoms with Crippen LogP contribution < -0.4 is 16.1 Å². The van der Waals surface area contributed by atoms with E-state index >= 15 is 0 Å². The first kappa shape index (κ1) is 13.4. The summed E-state index contributed by atoms with van der Waals surface area (Å²) in [5.74, 6) is 0.205. The Kier molecular flexibility index (Phi) is 2.87. The van der Waals surface area contributed by atoms with Gasteiger partial charge in [-0.25, -0.2) is 10.5 Å². The van der Waals surface area contributed by atoms with Gasteiger partial charge in [0.15, 0.2) is 0 Å². The van der Waals surface area contributed by atoms with E-state index in [4.69, 9.17) is 5.41 Å². The van der Waals surface area contributed by atoms with Crippen LogP contribution in [0.1, 0.15) is 25.8 Å². The first-order valence-corrected chi connectivity index (χ1v) is 6.55. The zero-order chi connectivity index (χ0) is 15.2. The molecular formula is C12H15N7O2. The number of rotatable bonds is 3. The quantitative estimate of drug-likeness (QED) is 0.555. The molecule has 0 fully saturated rings. The fraction of sp³-hybridized carbons (Fsp3) is 0.417. The molecule has 2 aliphatic heterocycles. The first-order chi connectivity index (χ1) is 9.98. The van der Waals surface area contributed by atoms with Crippen LogP contribution in [0.25, 0.3) is 0 Å². The molecule has 1 unspecified atom stereocenters. The lowest BCUT2D eigenvalue weighted by atomic mass is 9.78. The second-order valence-electron chi connectivity index (χ2n) is 5.48. The highest BCUT2D eigenvalue weighted by molar-refractivity contribution is 6.29. The van der Waals surface area contributed by atoms with Crippen molar-refractivity contribution in [3.63, 3.8) is 0 Å². The highest BCUT2D eigenvalue weighted by Gasteiger charge is 2.60. The van der Waals surface area contributed by atoms with Gasteiger partial charge in [0.05, 0.1) is 11.9 Å². The van der Waals surface area contributed by atoms with E-state index < -0.39 is 10.5 Å². The lowest BCUT2D eigenvalue weighted by Gasteiger charge is -2.36. The van der Waals surface area contributed by atoms with Crippen molar-refractivity contribution in [2.75, 3.05) is 5.01 Å². The molecule has 21 heavy (non-hydrogen) atoms. The lowest BCUT2D eigenvalue weighted by Crippen LogP contribution is -2.64. The van der Waals surface area contributed by atoms with E-state index in [9.17, 15) is 10.1 Å². The minimum Gasteiger partial charge on any atom is -0.297 e. The Morgan fingerprint density at radius 3 is 3.00 bits per heavy atom. The Bertz CT molecular complexity index is 657. The Morgan fingerprint density at radius 2 is 2.33 bits per heavy atom. The molecule has 3 heterocycles. The van der Waals surface area contributed by atoms with E-state index in [1.807, 2.05) is 13.8 Å². The maximum absolute atomic E-state index is 11.9. The minimum absolute atomic E-state index is 0.0317. The first-order valence-electron chi connectivity index (χ1n) is 6.55. The molecule has 3 N–H and O–H groups in total. The van der Waals surface area contributed by atoms with Crippen molar-refractivity contribution in [2.45, 2.75) is 25.8 Å². The standard InChI is InChI=1S/C12H15N7O2/c1-7(2)5-12(19(20)21)10(13)8-3-4-14-6-9(8)18-11(12)15-16-17-18/h3-4,6-7,13,16-17H,5H2,1-2H3. The minimum atomic E-state index is -1.67. The topological polar surface area (TPSA) is 120 Å². The van der Waals surface area contributed by atoms with Gasteiger partial charge in [-0.15, -0.1) is 10.6 Å². The number of hydrogen-bond acceptors (Lipinski definition) is 8. The van der Waals surface area contributed by atoms with Gasteiger partial charge < -0.3 is 0 Å². The Labute approximate surface area is 120 Å². The average Bonchev–Trinajstić information content (AvgIpc) is 2.92. The summed E-state index contributed by atoms with van der Waals surface area (Å²) in [6.45, 7) is 3.78. The Morgan fingerprint density at radius 1 is 1.57 bits per heavy atom. The number of aromatic nitrogens is 1. The zero-order valence-corrected chi connectivity index (χ0v) is 11.6. The van der Waals surface area contributed by atoms with E-state index in [-0.39, 0.29) is 23.9 Å². The van der Waals surface area contributed by atoms with Gasteiger partial charge in [-0.2, -0.15) is 0 Å². The van der Waals surface area contributed by atoms with E-state index in [2.05, 4.69) is 21.2 Å². The number of anilines is 1. The van der Waals surface area contributed by atoms with Crippen LogP contribution in [0.4, 0.5) is 5.69 Å². The van der Waals surface area contributed by atoms with Gasteiger partial charge in [0, 0.05) is 23.1 Å². The molecule has 9 heteroatoms. The van der Waals surface area contributed by atoms with Crippen LogP contribution in [0.15, 0.2) is 23.6 Å². The normalized spacial score (nSPS) is 23.5. The van der Waals surface area contributed by atoms with E-state index in [1.54, 1.807) is 12.3 Å². The zero-order valence-electron chi connectivity index (χ0n) is 11.6. The number of hydrogen-bond donors (Lipinski definition) is 3. The van der Waals surface area contributed by atoms with Crippen LogP contribution in [0.3, 0.4) is 0 Å². The molecule has 1 aromatic heterocycles. The summed E-state index contributed by atoms with van der Waals surface area (Å²) in [4.78, 5) is 15.5. The largest absolute Gasteiger partial charge is 0.323 e. The molecule has 9 nitrogen and oxygen atoms in total. The fourth-order valence-electron chi connectivity index (χ4n) is 2.82. The van der Waals surface area contributed by atoms with Crippen molar-refractivity contribution in [3.05, 3.63) is 34.1 Å². The average molecular weight is 289 g/mol. The molecule has 0 amide bonds. The van der Waals surface area contributed by atoms with Crippen LogP contribution in [-0.2, 0) is 0 Å². The van der Waals surface area contributed by atoms with Gasteiger partial charge in [-0.3, -0.25) is 20.5 Å². The summed E-state index contributed by atoms with van der Waals surface area (Å²) in [6, 6.07) is 1.62. The van der Waals surface area contributed by atoms with Gasteiger partial charge in [0.25, 0.3) is 0 Å². The second kappa shape index (κ2) is 4.48. The molecule has 3 rings (SSSR count). The van der Waals surface area contributed by atoms with Crippen LogP contribution in [0.5, 0.6) is 0 Å². The molecule has 0 aromatic carbocycles. The maximum atomic E-state index is 11.9. The van der Waals surface area contributed by atoms with Crippen molar-refractivity contribution in [1.82, 2.24) is 16.1 Å². The molecule has 1 atom stereocenters. The van der Waals surface area contributed by atoms with E-state index in [1.165, 1.54) is 11.2 Å². The summed E-state index contributed by atoms with van der Waals surface area (Å²) < 4.78 is 0. The third-order valence-corrected chi connectivity index (χ3v) is 3.64. The van der Waals surface area contributed by atoms with Crippen LogP contribution in [-0.4, -0.2) is 27.0 Å². The molecule has 0 saturated heterocycles. The number of amidine groups is 1. The summed E-state index contributed by atoms with van der Waals surface area (Å²) in [6.07, 6.45) is 3.27. The highest BCUT2D eigenvalue weighted by Crippen LogP contribution is 2.37.